The van der Waals surface area contributed by atoms with Gasteiger partial charge in [0.05, 0.1) is 5.92 Å². The average molecular weight is 315 g/mol. The Labute approximate surface area is 132 Å². The van der Waals surface area contributed by atoms with Crippen molar-refractivity contribution in [1.29, 1.82) is 0 Å². The molecule has 0 aliphatic carbocycles. The lowest BCUT2D eigenvalue weighted by Crippen LogP contribution is -2.37. The molecule has 1 heterocycles. The molecular formula is C16H24ClFN2O. The van der Waals surface area contributed by atoms with E-state index in [1.807, 2.05) is 11.0 Å². The van der Waals surface area contributed by atoms with Crippen LogP contribution >= 0.6 is 12.4 Å². The van der Waals surface area contributed by atoms with Gasteiger partial charge in [-0.05, 0) is 25.5 Å². The second-order valence-electron chi connectivity index (χ2n) is 5.39. The lowest BCUT2D eigenvalue weighted by Gasteiger charge is -2.25. The van der Waals surface area contributed by atoms with Crippen LogP contribution in [0.4, 0.5) is 4.39 Å². The van der Waals surface area contributed by atoms with Gasteiger partial charge < -0.3 is 10.2 Å². The van der Waals surface area contributed by atoms with Gasteiger partial charge in [0.15, 0.2) is 0 Å². The predicted molar refractivity (Wildman–Crippen MR) is 84.9 cm³/mol. The number of carbonyl (C=O) groups is 1. The number of nitrogens with zero attached hydrogens (tertiary/aromatic N) is 1. The number of amides is 1. The summed E-state index contributed by atoms with van der Waals surface area (Å²) in [5.41, 5.74) is 0.600. The number of halogens is 2. The van der Waals surface area contributed by atoms with Crippen molar-refractivity contribution in [3.05, 3.63) is 35.6 Å². The molecular weight excluding hydrogens is 291 g/mol. The highest BCUT2D eigenvalue weighted by molar-refractivity contribution is 5.85. The van der Waals surface area contributed by atoms with Gasteiger partial charge in [-0.1, -0.05) is 31.5 Å². The fourth-order valence-corrected chi connectivity index (χ4v) is 2.57. The van der Waals surface area contributed by atoms with E-state index in [4.69, 9.17) is 0 Å². The van der Waals surface area contributed by atoms with Crippen molar-refractivity contribution in [2.24, 2.45) is 5.92 Å². The Morgan fingerprint density at radius 2 is 2.19 bits per heavy atom. The molecule has 1 N–H and O–H groups in total. The number of carbonyl (C=O) groups excluding carboxylic acids is 1. The highest BCUT2D eigenvalue weighted by atomic mass is 35.5. The second kappa shape index (κ2) is 9.00. The van der Waals surface area contributed by atoms with E-state index < -0.39 is 0 Å². The van der Waals surface area contributed by atoms with Gasteiger partial charge in [0.1, 0.15) is 5.82 Å². The van der Waals surface area contributed by atoms with E-state index in [1.54, 1.807) is 12.1 Å². The van der Waals surface area contributed by atoms with Crippen LogP contribution in [0.1, 0.15) is 31.7 Å². The van der Waals surface area contributed by atoms with Gasteiger partial charge in [0.2, 0.25) is 5.91 Å². The Hall–Kier alpha value is -1.13. The molecule has 0 radical (unpaired) electrons. The Morgan fingerprint density at radius 1 is 1.43 bits per heavy atom. The predicted octanol–water partition coefficient (Wildman–Crippen LogP) is 2.99. The lowest BCUT2D eigenvalue weighted by atomic mass is 10.1. The molecule has 0 spiro atoms. The van der Waals surface area contributed by atoms with E-state index in [0.717, 1.165) is 32.4 Å². The Balaban J connectivity index is 0.00000220. The third-order valence-electron chi connectivity index (χ3n) is 3.82. The summed E-state index contributed by atoms with van der Waals surface area (Å²) in [5.74, 6) is -0.0170. The highest BCUT2D eigenvalue weighted by Crippen LogP contribution is 2.16. The Bertz CT molecular complexity index is 450. The van der Waals surface area contributed by atoms with Gasteiger partial charge >= 0.3 is 0 Å². The van der Waals surface area contributed by atoms with Crippen molar-refractivity contribution >= 4 is 18.3 Å². The Morgan fingerprint density at radius 3 is 2.81 bits per heavy atom. The zero-order chi connectivity index (χ0) is 14.4. The molecule has 0 saturated carbocycles. The van der Waals surface area contributed by atoms with Crippen LogP contribution in [0.5, 0.6) is 0 Å². The summed E-state index contributed by atoms with van der Waals surface area (Å²) in [4.78, 5) is 14.3. The first-order valence-electron chi connectivity index (χ1n) is 7.45. The van der Waals surface area contributed by atoms with Crippen LogP contribution in [0, 0.1) is 11.7 Å². The van der Waals surface area contributed by atoms with E-state index in [2.05, 4.69) is 12.2 Å². The summed E-state index contributed by atoms with van der Waals surface area (Å²) < 4.78 is 13.8. The fourth-order valence-electron chi connectivity index (χ4n) is 2.57. The molecule has 1 saturated heterocycles. The molecule has 1 fully saturated rings. The van der Waals surface area contributed by atoms with Crippen molar-refractivity contribution < 1.29 is 9.18 Å². The molecule has 1 unspecified atom stereocenters. The third kappa shape index (κ3) is 4.97. The van der Waals surface area contributed by atoms with Crippen LogP contribution in [-0.4, -0.2) is 30.4 Å². The van der Waals surface area contributed by atoms with Crippen LogP contribution in [0.2, 0.25) is 0 Å². The molecule has 0 aromatic heterocycles. The third-order valence-corrected chi connectivity index (χ3v) is 3.82. The number of nitrogens with one attached hydrogen (secondary N) is 1. The quantitative estimate of drug-likeness (QED) is 0.875. The van der Waals surface area contributed by atoms with Crippen LogP contribution in [0.25, 0.3) is 0 Å². The molecule has 1 aromatic carbocycles. The second-order valence-corrected chi connectivity index (χ2v) is 5.39. The van der Waals surface area contributed by atoms with E-state index in [9.17, 15) is 9.18 Å². The minimum Gasteiger partial charge on any atom is -0.338 e. The summed E-state index contributed by atoms with van der Waals surface area (Å²) in [7, 11) is 0. The van der Waals surface area contributed by atoms with Crippen LogP contribution in [0.3, 0.4) is 0 Å². The molecule has 5 heteroatoms. The summed E-state index contributed by atoms with van der Waals surface area (Å²) in [5, 5.41) is 3.22. The van der Waals surface area contributed by atoms with Gasteiger partial charge in [-0.25, -0.2) is 4.39 Å². The zero-order valence-electron chi connectivity index (χ0n) is 12.5. The van der Waals surface area contributed by atoms with Crippen molar-refractivity contribution in [2.45, 2.75) is 32.7 Å². The molecule has 21 heavy (non-hydrogen) atoms. The highest BCUT2D eigenvalue weighted by Gasteiger charge is 2.27. The molecule has 1 aromatic rings. The smallest absolute Gasteiger partial charge is 0.227 e. The number of hydrogen-bond acceptors (Lipinski definition) is 2. The fraction of sp³-hybridized carbons (Fsp3) is 0.562. The first-order valence-corrected chi connectivity index (χ1v) is 7.45. The first kappa shape index (κ1) is 17.9. The maximum Gasteiger partial charge on any atom is 0.227 e. The van der Waals surface area contributed by atoms with Gasteiger partial charge in [0, 0.05) is 25.2 Å². The normalized spacial score (nSPS) is 17.3. The number of rotatable bonds is 6. The van der Waals surface area contributed by atoms with E-state index >= 15 is 0 Å². The van der Waals surface area contributed by atoms with Gasteiger partial charge in [-0.3, -0.25) is 4.79 Å². The minimum atomic E-state index is -0.230. The van der Waals surface area contributed by atoms with Crippen molar-refractivity contribution in [3.8, 4) is 0 Å². The van der Waals surface area contributed by atoms with Crippen molar-refractivity contribution in [3.63, 3.8) is 0 Å². The summed E-state index contributed by atoms with van der Waals surface area (Å²) in [6.07, 6.45) is 2.88. The van der Waals surface area contributed by atoms with Crippen molar-refractivity contribution in [1.82, 2.24) is 10.2 Å². The molecule has 0 bridgehead atoms. The SMILES string of the molecule is CCCCN(Cc1ccccc1F)C(=O)C1CCNC1.Cl. The maximum atomic E-state index is 13.8. The summed E-state index contributed by atoms with van der Waals surface area (Å²) in [6.45, 7) is 4.83. The van der Waals surface area contributed by atoms with E-state index in [1.165, 1.54) is 6.07 Å². The largest absolute Gasteiger partial charge is 0.338 e. The van der Waals surface area contributed by atoms with Crippen LogP contribution < -0.4 is 5.32 Å². The van der Waals surface area contributed by atoms with Crippen LogP contribution in [0.15, 0.2) is 24.3 Å². The summed E-state index contributed by atoms with van der Waals surface area (Å²) in [6, 6.07) is 6.71. The summed E-state index contributed by atoms with van der Waals surface area (Å²) >= 11 is 0. The molecule has 1 atom stereocenters. The minimum absolute atomic E-state index is 0. The number of hydrogen-bond donors (Lipinski definition) is 1. The number of unbranched alkanes of at least 4 members (excludes halogenated alkanes) is 1. The first-order chi connectivity index (χ1) is 9.72. The molecule has 1 aliphatic heterocycles. The molecule has 1 aliphatic rings. The molecule has 118 valence electrons. The monoisotopic (exact) mass is 314 g/mol. The lowest BCUT2D eigenvalue weighted by molar-refractivity contribution is -0.135. The zero-order valence-corrected chi connectivity index (χ0v) is 13.3. The topological polar surface area (TPSA) is 32.3 Å². The van der Waals surface area contributed by atoms with Crippen LogP contribution in [-0.2, 0) is 11.3 Å². The van der Waals surface area contributed by atoms with Gasteiger partial charge in [0.25, 0.3) is 0 Å². The molecule has 3 nitrogen and oxygen atoms in total. The molecule has 2 rings (SSSR count). The Kier molecular flexibility index (Phi) is 7.68. The van der Waals surface area contributed by atoms with Crippen molar-refractivity contribution in [2.75, 3.05) is 19.6 Å². The maximum absolute atomic E-state index is 13.8. The van der Waals surface area contributed by atoms with E-state index in [0.29, 0.717) is 18.7 Å². The number of benzene rings is 1. The molecule has 1 amide bonds. The van der Waals surface area contributed by atoms with Gasteiger partial charge in [-0.2, -0.15) is 0 Å². The average Bonchev–Trinajstić information content (AvgIpc) is 2.99. The van der Waals surface area contributed by atoms with Gasteiger partial charge in [-0.15, -0.1) is 12.4 Å². The standard InChI is InChI=1S/C16H23FN2O.ClH/c1-2-3-10-19(16(20)13-8-9-18-11-13)12-14-6-4-5-7-15(14)17;/h4-7,13,18H,2-3,8-12H2,1H3;1H. The van der Waals surface area contributed by atoms with E-state index in [-0.39, 0.29) is 30.0 Å².